The van der Waals surface area contributed by atoms with Gasteiger partial charge in [-0.2, -0.15) is 5.10 Å². The molecule has 3 aromatic heterocycles. The smallest absolute Gasteiger partial charge is 0.282 e. The lowest BCUT2D eigenvalue weighted by Crippen LogP contribution is -2.51. The van der Waals surface area contributed by atoms with Gasteiger partial charge in [0.1, 0.15) is 11.5 Å². The fraction of sp³-hybridized carbons (Fsp3) is 0.421. The SMILES string of the molecule is CC1CN(c2cc(-c3cnc4ccc(C(F)F)nn34)ccn2)CC(CNS(C)(=O)=O)O1. The summed E-state index contributed by atoms with van der Waals surface area (Å²) >= 11 is 0. The van der Waals surface area contributed by atoms with Gasteiger partial charge in [-0.3, -0.25) is 0 Å². The number of halogens is 2. The normalized spacial score (nSPS) is 20.0. The Bertz CT molecular complexity index is 1190. The van der Waals surface area contributed by atoms with Crippen molar-refractivity contribution >= 4 is 21.5 Å². The Balaban J connectivity index is 1.61. The Hall–Kier alpha value is -2.70. The number of ether oxygens (including phenoxy) is 1. The van der Waals surface area contributed by atoms with Crippen LogP contribution in [0.4, 0.5) is 14.6 Å². The summed E-state index contributed by atoms with van der Waals surface area (Å²) in [6.07, 6.45) is 1.17. The maximum atomic E-state index is 13.1. The number of nitrogens with one attached hydrogen (secondary N) is 1. The number of hydrogen-bond donors (Lipinski definition) is 1. The Morgan fingerprint density at radius 3 is 2.81 bits per heavy atom. The zero-order chi connectivity index (χ0) is 22.2. The van der Waals surface area contributed by atoms with E-state index in [9.17, 15) is 17.2 Å². The molecule has 0 aliphatic carbocycles. The number of nitrogens with zero attached hydrogens (tertiary/aromatic N) is 5. The van der Waals surface area contributed by atoms with Crippen LogP contribution in [0, 0.1) is 0 Å². The number of aromatic nitrogens is 4. The van der Waals surface area contributed by atoms with Crippen molar-refractivity contribution in [2.75, 3.05) is 30.8 Å². The Kier molecular flexibility index (Phi) is 5.86. The molecule has 1 fully saturated rings. The van der Waals surface area contributed by atoms with Gasteiger partial charge in [-0.05, 0) is 31.2 Å². The Labute approximate surface area is 178 Å². The molecule has 1 aliphatic heterocycles. The second-order valence-corrected chi connectivity index (χ2v) is 9.30. The van der Waals surface area contributed by atoms with Crippen LogP contribution in [0.2, 0.25) is 0 Å². The molecule has 0 saturated carbocycles. The predicted molar refractivity (Wildman–Crippen MR) is 111 cm³/mol. The number of anilines is 1. The van der Waals surface area contributed by atoms with Gasteiger partial charge in [0.2, 0.25) is 10.0 Å². The first-order valence-electron chi connectivity index (χ1n) is 9.64. The van der Waals surface area contributed by atoms with Crippen LogP contribution < -0.4 is 9.62 Å². The van der Waals surface area contributed by atoms with Gasteiger partial charge in [0.05, 0.1) is 30.4 Å². The lowest BCUT2D eigenvalue weighted by molar-refractivity contribution is -0.0124. The maximum Gasteiger partial charge on any atom is 0.282 e. The Morgan fingerprint density at radius 2 is 2.06 bits per heavy atom. The van der Waals surface area contributed by atoms with Crippen LogP contribution in [0.15, 0.2) is 36.7 Å². The van der Waals surface area contributed by atoms with Crippen LogP contribution in [0.5, 0.6) is 0 Å². The minimum absolute atomic E-state index is 0.128. The number of rotatable bonds is 6. The number of alkyl halides is 2. The topological polar surface area (TPSA) is 102 Å². The van der Waals surface area contributed by atoms with Crippen molar-refractivity contribution < 1.29 is 21.9 Å². The van der Waals surface area contributed by atoms with Crippen molar-refractivity contribution in [1.29, 1.82) is 0 Å². The molecule has 1 aliphatic rings. The van der Waals surface area contributed by atoms with Crippen LogP contribution in [0.1, 0.15) is 19.0 Å². The number of pyridine rings is 1. The van der Waals surface area contributed by atoms with Crippen LogP contribution in [0.3, 0.4) is 0 Å². The molecule has 2 unspecified atom stereocenters. The molecule has 1 saturated heterocycles. The summed E-state index contributed by atoms with van der Waals surface area (Å²) in [5, 5.41) is 4.01. The van der Waals surface area contributed by atoms with Gasteiger partial charge in [-0.15, -0.1) is 0 Å². The minimum atomic E-state index is -3.32. The van der Waals surface area contributed by atoms with Gasteiger partial charge in [0, 0.05) is 31.4 Å². The molecule has 4 heterocycles. The Morgan fingerprint density at radius 1 is 1.26 bits per heavy atom. The molecule has 0 bridgehead atoms. The minimum Gasteiger partial charge on any atom is -0.370 e. The number of sulfonamides is 1. The van der Waals surface area contributed by atoms with Crippen LogP contribution in [-0.4, -0.2) is 66.1 Å². The standard InChI is InChI=1S/C19H22F2N6O3S/c1-12-10-26(11-14(30-12)8-24-31(2,28)29)18-7-13(5-6-22-18)16-9-23-17-4-3-15(19(20)21)25-27(16)17/h3-7,9,12,14,19,24H,8,10-11H2,1-2H3. The molecule has 0 radical (unpaired) electrons. The first kappa shape index (κ1) is 21.5. The quantitative estimate of drug-likeness (QED) is 0.609. The molecule has 0 amide bonds. The lowest BCUT2D eigenvalue weighted by atomic mass is 10.1. The predicted octanol–water partition coefficient (Wildman–Crippen LogP) is 1.87. The van der Waals surface area contributed by atoms with E-state index < -0.39 is 16.4 Å². The molecule has 0 spiro atoms. The third-order valence-electron chi connectivity index (χ3n) is 4.87. The van der Waals surface area contributed by atoms with Gasteiger partial charge in [-0.1, -0.05) is 0 Å². The molecule has 3 aromatic rings. The largest absolute Gasteiger partial charge is 0.370 e. The molecular weight excluding hydrogens is 430 g/mol. The van der Waals surface area contributed by atoms with Crippen LogP contribution in [0.25, 0.3) is 16.9 Å². The summed E-state index contributed by atoms with van der Waals surface area (Å²) in [4.78, 5) is 10.7. The molecule has 9 nitrogen and oxygen atoms in total. The van der Waals surface area contributed by atoms with E-state index in [0.717, 1.165) is 11.8 Å². The first-order valence-corrected chi connectivity index (χ1v) is 11.5. The summed E-state index contributed by atoms with van der Waals surface area (Å²) in [6, 6.07) is 6.35. The average molecular weight is 452 g/mol. The fourth-order valence-corrected chi connectivity index (χ4v) is 4.03. The van der Waals surface area contributed by atoms with E-state index in [4.69, 9.17) is 4.74 Å². The van der Waals surface area contributed by atoms with Crippen molar-refractivity contribution in [1.82, 2.24) is 24.3 Å². The highest BCUT2D eigenvalue weighted by Crippen LogP contribution is 2.26. The summed E-state index contributed by atoms with van der Waals surface area (Å²) in [5.41, 5.74) is 1.42. The second-order valence-electron chi connectivity index (χ2n) is 7.47. The second kappa shape index (κ2) is 8.44. The molecule has 31 heavy (non-hydrogen) atoms. The zero-order valence-electron chi connectivity index (χ0n) is 16.9. The summed E-state index contributed by atoms with van der Waals surface area (Å²) < 4.78 is 58.7. The van der Waals surface area contributed by atoms with Gasteiger partial charge in [-0.25, -0.2) is 36.4 Å². The van der Waals surface area contributed by atoms with Gasteiger partial charge < -0.3 is 9.64 Å². The van der Waals surface area contributed by atoms with E-state index in [1.165, 1.54) is 16.6 Å². The number of morpholine rings is 1. The molecule has 0 aromatic carbocycles. The van der Waals surface area contributed by atoms with E-state index >= 15 is 0 Å². The highest BCUT2D eigenvalue weighted by atomic mass is 32.2. The van der Waals surface area contributed by atoms with E-state index in [1.54, 1.807) is 18.5 Å². The van der Waals surface area contributed by atoms with E-state index in [-0.39, 0.29) is 24.4 Å². The van der Waals surface area contributed by atoms with Crippen molar-refractivity contribution in [2.45, 2.75) is 25.6 Å². The van der Waals surface area contributed by atoms with Crippen molar-refractivity contribution in [3.8, 4) is 11.3 Å². The van der Waals surface area contributed by atoms with Gasteiger partial charge in [0.15, 0.2) is 5.65 Å². The molecular formula is C19H22F2N6O3S. The lowest BCUT2D eigenvalue weighted by Gasteiger charge is -2.37. The zero-order valence-corrected chi connectivity index (χ0v) is 17.8. The van der Waals surface area contributed by atoms with Crippen molar-refractivity contribution in [3.05, 3.63) is 42.4 Å². The van der Waals surface area contributed by atoms with Crippen LogP contribution >= 0.6 is 0 Å². The number of imidazole rings is 1. The average Bonchev–Trinajstić information content (AvgIpc) is 3.15. The summed E-state index contributed by atoms with van der Waals surface area (Å²) in [6.45, 7) is 3.09. The number of fused-ring (bicyclic) bond motifs is 1. The third kappa shape index (κ3) is 4.97. The van der Waals surface area contributed by atoms with Crippen LogP contribution in [-0.2, 0) is 14.8 Å². The third-order valence-corrected chi connectivity index (χ3v) is 5.56. The molecule has 1 N–H and O–H groups in total. The van der Waals surface area contributed by atoms with Crippen molar-refractivity contribution in [2.24, 2.45) is 0 Å². The van der Waals surface area contributed by atoms with E-state index in [0.29, 0.717) is 30.2 Å². The number of hydrogen-bond acceptors (Lipinski definition) is 7. The molecule has 12 heteroatoms. The molecule has 166 valence electrons. The molecule has 2 atom stereocenters. The fourth-order valence-electron chi connectivity index (χ4n) is 3.54. The monoisotopic (exact) mass is 452 g/mol. The molecule has 4 rings (SSSR count). The first-order chi connectivity index (χ1) is 14.7. The van der Waals surface area contributed by atoms with E-state index in [2.05, 4.69) is 19.8 Å². The highest BCUT2D eigenvalue weighted by molar-refractivity contribution is 7.88. The van der Waals surface area contributed by atoms with Gasteiger partial charge >= 0.3 is 0 Å². The van der Waals surface area contributed by atoms with Gasteiger partial charge in [0.25, 0.3) is 6.43 Å². The van der Waals surface area contributed by atoms with E-state index in [1.807, 2.05) is 17.9 Å². The summed E-state index contributed by atoms with van der Waals surface area (Å²) in [5.74, 6) is 0.664. The summed E-state index contributed by atoms with van der Waals surface area (Å²) in [7, 11) is -3.32. The van der Waals surface area contributed by atoms with Crippen molar-refractivity contribution in [3.63, 3.8) is 0 Å². The highest BCUT2D eigenvalue weighted by Gasteiger charge is 2.27. The maximum absolute atomic E-state index is 13.1.